The zero-order chi connectivity index (χ0) is 20.9. The van der Waals surface area contributed by atoms with Gasteiger partial charge in [-0.25, -0.2) is 4.99 Å². The lowest BCUT2D eigenvalue weighted by Crippen LogP contribution is -2.28. The number of pyridine rings is 1. The molecule has 28 heavy (non-hydrogen) atoms. The van der Waals surface area contributed by atoms with Crippen LogP contribution in [0.25, 0.3) is 5.70 Å². The summed E-state index contributed by atoms with van der Waals surface area (Å²) < 4.78 is 0. The number of nitrogens with zero attached hydrogens (tertiary/aromatic N) is 2. The smallest absolute Gasteiger partial charge is 0.116 e. The second-order valence-electron chi connectivity index (χ2n) is 7.21. The van der Waals surface area contributed by atoms with Gasteiger partial charge in [-0.3, -0.25) is 4.98 Å². The van der Waals surface area contributed by atoms with Crippen LogP contribution in [0.2, 0.25) is 0 Å². The second kappa shape index (κ2) is 12.8. The quantitative estimate of drug-likeness (QED) is 0.432. The van der Waals surface area contributed by atoms with Crippen LogP contribution in [0.5, 0.6) is 0 Å². The number of rotatable bonds is 13. The Kier molecular flexibility index (Phi) is 10.7. The molecule has 1 aromatic rings. The Morgan fingerprint density at radius 3 is 2.57 bits per heavy atom. The van der Waals surface area contributed by atoms with Crippen molar-refractivity contribution in [1.82, 2.24) is 10.3 Å². The van der Waals surface area contributed by atoms with Gasteiger partial charge in [-0.2, -0.15) is 0 Å². The molecule has 0 aromatic carbocycles. The number of hydrogen-bond acceptors (Lipinski definition) is 5. The van der Waals surface area contributed by atoms with Crippen LogP contribution in [-0.4, -0.2) is 17.2 Å². The molecule has 154 valence electrons. The molecule has 5 nitrogen and oxygen atoms in total. The van der Waals surface area contributed by atoms with Crippen molar-refractivity contribution in [3.63, 3.8) is 0 Å². The second-order valence-corrected chi connectivity index (χ2v) is 7.21. The Labute approximate surface area is 170 Å². The molecule has 0 saturated heterocycles. The van der Waals surface area contributed by atoms with E-state index >= 15 is 0 Å². The minimum absolute atomic E-state index is 0.306. The average molecular weight is 384 g/mol. The highest BCUT2D eigenvalue weighted by Gasteiger charge is 2.10. The van der Waals surface area contributed by atoms with Gasteiger partial charge in [0.1, 0.15) is 5.82 Å². The van der Waals surface area contributed by atoms with Crippen molar-refractivity contribution in [3.8, 4) is 0 Å². The standard InChI is InChI=1S/C23H37N5/c1-6-8-11-21(10-7-2)27-18(4)20(16-26-19(5)25)14-15-22-12-9-13-23(28-22)17(3)24/h9,12-13,16,21,27H,3,5-8,10-11,14-15,24-25H2,1-2,4H3/b20-18+,26-16?/t21-/m1/s1. The lowest BCUT2D eigenvalue weighted by Gasteiger charge is -2.21. The number of aryl methyl sites for hydroxylation is 1. The Morgan fingerprint density at radius 2 is 1.96 bits per heavy atom. The number of allylic oxidation sites excluding steroid dienone is 2. The fourth-order valence-corrected chi connectivity index (χ4v) is 3.06. The molecule has 0 aliphatic rings. The molecule has 0 bridgehead atoms. The molecule has 1 atom stereocenters. The maximum Gasteiger partial charge on any atom is 0.116 e. The molecule has 1 heterocycles. The minimum atomic E-state index is 0.306. The van der Waals surface area contributed by atoms with E-state index in [1.54, 1.807) is 0 Å². The fourth-order valence-electron chi connectivity index (χ4n) is 3.06. The molecule has 0 aliphatic carbocycles. The Morgan fingerprint density at radius 1 is 1.21 bits per heavy atom. The van der Waals surface area contributed by atoms with E-state index in [2.05, 4.69) is 49.2 Å². The highest BCUT2D eigenvalue weighted by molar-refractivity contribution is 5.80. The molecule has 1 rings (SSSR count). The molecular weight excluding hydrogens is 346 g/mol. The van der Waals surface area contributed by atoms with Crippen molar-refractivity contribution in [1.29, 1.82) is 0 Å². The van der Waals surface area contributed by atoms with E-state index in [-0.39, 0.29) is 0 Å². The number of nitrogens with one attached hydrogen (secondary N) is 1. The summed E-state index contributed by atoms with van der Waals surface area (Å²) in [5.74, 6) is 0.306. The van der Waals surface area contributed by atoms with Gasteiger partial charge in [-0.05, 0) is 50.3 Å². The molecule has 5 N–H and O–H groups in total. The third-order valence-electron chi connectivity index (χ3n) is 4.62. The molecule has 0 aliphatic heterocycles. The van der Waals surface area contributed by atoms with Crippen LogP contribution >= 0.6 is 0 Å². The van der Waals surface area contributed by atoms with Gasteiger partial charge in [0.2, 0.25) is 0 Å². The highest BCUT2D eigenvalue weighted by atomic mass is 14.9. The first-order chi connectivity index (χ1) is 13.4. The van der Waals surface area contributed by atoms with Crippen LogP contribution in [0.15, 0.2) is 53.4 Å². The molecule has 0 amide bonds. The monoisotopic (exact) mass is 383 g/mol. The van der Waals surface area contributed by atoms with Gasteiger partial charge in [-0.15, -0.1) is 0 Å². The van der Waals surface area contributed by atoms with Crippen LogP contribution in [0.3, 0.4) is 0 Å². The summed E-state index contributed by atoms with van der Waals surface area (Å²) in [7, 11) is 0. The molecule has 0 radical (unpaired) electrons. The van der Waals surface area contributed by atoms with Crippen molar-refractivity contribution in [2.75, 3.05) is 0 Å². The van der Waals surface area contributed by atoms with Crippen molar-refractivity contribution in [2.45, 2.75) is 71.8 Å². The van der Waals surface area contributed by atoms with Gasteiger partial charge in [0, 0.05) is 23.6 Å². The zero-order valence-corrected chi connectivity index (χ0v) is 17.8. The molecule has 0 unspecified atom stereocenters. The summed E-state index contributed by atoms with van der Waals surface area (Å²) in [5.41, 5.74) is 15.9. The first-order valence-electron chi connectivity index (χ1n) is 10.2. The summed E-state index contributed by atoms with van der Waals surface area (Å²) in [6.07, 6.45) is 9.35. The summed E-state index contributed by atoms with van der Waals surface area (Å²) in [4.78, 5) is 8.80. The summed E-state index contributed by atoms with van der Waals surface area (Å²) in [6, 6.07) is 6.32. The van der Waals surface area contributed by atoms with E-state index in [4.69, 9.17) is 11.5 Å². The number of nitrogens with two attached hydrogens (primary N) is 2. The molecule has 1 aromatic heterocycles. The van der Waals surface area contributed by atoms with E-state index in [1.807, 2.05) is 24.4 Å². The lowest BCUT2D eigenvalue weighted by atomic mass is 10.0. The number of aliphatic imine (C=N–C) groups is 1. The number of hydrogen-bond donors (Lipinski definition) is 3. The van der Waals surface area contributed by atoms with E-state index in [0.29, 0.717) is 17.6 Å². The summed E-state index contributed by atoms with van der Waals surface area (Å²) in [6.45, 7) is 14.0. The minimum Gasteiger partial charge on any atom is -0.397 e. The molecule has 0 spiro atoms. The largest absolute Gasteiger partial charge is 0.397 e. The third kappa shape index (κ3) is 8.89. The van der Waals surface area contributed by atoms with Crippen LogP contribution in [0.4, 0.5) is 0 Å². The third-order valence-corrected chi connectivity index (χ3v) is 4.62. The van der Waals surface area contributed by atoms with Gasteiger partial charge in [0.25, 0.3) is 0 Å². The van der Waals surface area contributed by atoms with E-state index < -0.39 is 0 Å². The van der Waals surface area contributed by atoms with E-state index in [1.165, 1.54) is 19.3 Å². The molecule has 5 heteroatoms. The van der Waals surface area contributed by atoms with Gasteiger partial charge in [-0.1, -0.05) is 52.3 Å². The zero-order valence-electron chi connectivity index (χ0n) is 17.8. The van der Waals surface area contributed by atoms with Crippen LogP contribution in [0.1, 0.15) is 70.7 Å². The van der Waals surface area contributed by atoms with Crippen molar-refractivity contribution in [2.24, 2.45) is 16.5 Å². The summed E-state index contributed by atoms with van der Waals surface area (Å²) in [5, 5.41) is 3.71. The number of unbranched alkanes of at least 4 members (excludes halogenated alkanes) is 1. The van der Waals surface area contributed by atoms with Gasteiger partial charge >= 0.3 is 0 Å². The maximum absolute atomic E-state index is 5.77. The maximum atomic E-state index is 5.77. The fraction of sp³-hybridized carbons (Fsp3) is 0.478. The first kappa shape index (κ1) is 23.5. The van der Waals surface area contributed by atoms with E-state index in [9.17, 15) is 0 Å². The molecule has 0 saturated carbocycles. The van der Waals surface area contributed by atoms with Crippen LogP contribution in [-0.2, 0) is 6.42 Å². The average Bonchev–Trinajstić information content (AvgIpc) is 2.66. The Hall–Kier alpha value is -2.56. The topological polar surface area (TPSA) is 89.3 Å². The molecular formula is C23H37N5. The van der Waals surface area contributed by atoms with Gasteiger partial charge < -0.3 is 16.8 Å². The lowest BCUT2D eigenvalue weighted by molar-refractivity contribution is 0.468. The SMILES string of the molecule is C=C(N)N=C/C(CCc1cccc(C(=C)N)n1)=C(\C)N[C@H](CCC)CCCC. The number of aromatic nitrogens is 1. The predicted octanol–water partition coefficient (Wildman–Crippen LogP) is 4.67. The summed E-state index contributed by atoms with van der Waals surface area (Å²) >= 11 is 0. The Bertz CT molecular complexity index is 703. The Balaban J connectivity index is 2.96. The van der Waals surface area contributed by atoms with Gasteiger partial charge in [0.05, 0.1) is 11.4 Å². The van der Waals surface area contributed by atoms with Crippen LogP contribution < -0.4 is 16.8 Å². The van der Waals surface area contributed by atoms with Crippen molar-refractivity contribution in [3.05, 3.63) is 59.8 Å². The normalized spacial score (nSPS) is 13.2. The highest BCUT2D eigenvalue weighted by Crippen LogP contribution is 2.15. The molecule has 0 fully saturated rings. The van der Waals surface area contributed by atoms with E-state index in [0.717, 1.165) is 48.3 Å². The van der Waals surface area contributed by atoms with Crippen molar-refractivity contribution < 1.29 is 0 Å². The van der Waals surface area contributed by atoms with Crippen molar-refractivity contribution >= 4 is 11.9 Å². The van der Waals surface area contributed by atoms with Crippen LogP contribution in [0, 0.1) is 0 Å². The van der Waals surface area contributed by atoms with Gasteiger partial charge in [0.15, 0.2) is 0 Å². The first-order valence-corrected chi connectivity index (χ1v) is 10.2. The predicted molar refractivity (Wildman–Crippen MR) is 122 cm³/mol.